The third-order valence-corrected chi connectivity index (χ3v) is 4.54. The average molecular weight is 253 g/mol. The van der Waals surface area contributed by atoms with Crippen molar-refractivity contribution >= 4 is 17.2 Å². The first-order valence-corrected chi connectivity index (χ1v) is 7.06. The Morgan fingerprint density at radius 1 is 1.53 bits per heavy atom. The summed E-state index contributed by atoms with van der Waals surface area (Å²) in [4.78, 5) is 12.9. The molecule has 0 aromatic carbocycles. The fourth-order valence-electron chi connectivity index (χ4n) is 2.46. The molecule has 94 valence electrons. The van der Waals surface area contributed by atoms with E-state index in [-0.39, 0.29) is 24.5 Å². The van der Waals surface area contributed by atoms with Gasteiger partial charge in [-0.2, -0.15) is 0 Å². The number of aliphatic hydroxyl groups is 1. The molecule has 1 aromatic heterocycles. The van der Waals surface area contributed by atoms with E-state index >= 15 is 0 Å². The number of carbonyl (C=O) groups is 1. The van der Waals surface area contributed by atoms with Gasteiger partial charge in [0, 0.05) is 18.6 Å². The number of rotatable bonds is 3. The minimum Gasteiger partial charge on any atom is -0.396 e. The summed E-state index contributed by atoms with van der Waals surface area (Å²) in [6.07, 6.45) is 4.31. The zero-order valence-electron chi connectivity index (χ0n) is 10.1. The van der Waals surface area contributed by atoms with Crippen LogP contribution in [0.25, 0.3) is 0 Å². The summed E-state index contributed by atoms with van der Waals surface area (Å²) in [5, 5.41) is 14.3. The van der Waals surface area contributed by atoms with Crippen LogP contribution in [-0.2, 0) is 0 Å². The Hall–Kier alpha value is -0.870. The molecule has 17 heavy (non-hydrogen) atoms. The molecule has 3 nitrogen and oxygen atoms in total. The van der Waals surface area contributed by atoms with Gasteiger partial charge in [0.1, 0.15) is 0 Å². The second kappa shape index (κ2) is 5.65. The molecular weight excluding hydrogens is 234 g/mol. The van der Waals surface area contributed by atoms with E-state index in [2.05, 4.69) is 5.32 Å². The quantitative estimate of drug-likeness (QED) is 0.868. The lowest BCUT2D eigenvalue weighted by atomic mass is 9.85. The molecule has 2 atom stereocenters. The van der Waals surface area contributed by atoms with Crippen LogP contribution in [0.5, 0.6) is 0 Å². The normalized spacial score (nSPS) is 24.6. The summed E-state index contributed by atoms with van der Waals surface area (Å²) >= 11 is 1.48. The highest BCUT2D eigenvalue weighted by atomic mass is 32.1. The highest BCUT2D eigenvalue weighted by molar-refractivity contribution is 7.12. The van der Waals surface area contributed by atoms with Crippen LogP contribution >= 0.6 is 11.3 Å². The van der Waals surface area contributed by atoms with Gasteiger partial charge in [-0.3, -0.25) is 4.79 Å². The minimum absolute atomic E-state index is 0.0165. The van der Waals surface area contributed by atoms with Crippen LogP contribution in [0.15, 0.2) is 11.4 Å². The van der Waals surface area contributed by atoms with Crippen molar-refractivity contribution in [2.75, 3.05) is 6.61 Å². The van der Waals surface area contributed by atoms with Crippen molar-refractivity contribution in [2.24, 2.45) is 5.92 Å². The van der Waals surface area contributed by atoms with Crippen molar-refractivity contribution in [3.8, 4) is 0 Å². The van der Waals surface area contributed by atoms with E-state index in [9.17, 15) is 9.90 Å². The number of thiophene rings is 1. The molecule has 0 spiro atoms. The molecule has 1 fully saturated rings. The molecule has 2 unspecified atom stereocenters. The molecule has 4 heteroatoms. The summed E-state index contributed by atoms with van der Waals surface area (Å²) in [7, 11) is 0. The predicted octanol–water partition coefficient (Wildman–Crippen LogP) is 2.34. The number of hydrogen-bond donors (Lipinski definition) is 2. The van der Waals surface area contributed by atoms with Gasteiger partial charge in [0.25, 0.3) is 5.91 Å². The van der Waals surface area contributed by atoms with Gasteiger partial charge in [-0.25, -0.2) is 0 Å². The number of aryl methyl sites for hydroxylation is 1. The highest BCUT2D eigenvalue weighted by Gasteiger charge is 2.26. The van der Waals surface area contributed by atoms with E-state index in [1.165, 1.54) is 11.3 Å². The second-order valence-corrected chi connectivity index (χ2v) is 5.66. The molecule has 1 saturated carbocycles. The van der Waals surface area contributed by atoms with E-state index in [0.717, 1.165) is 36.1 Å². The Morgan fingerprint density at radius 2 is 2.29 bits per heavy atom. The first-order chi connectivity index (χ1) is 8.22. The van der Waals surface area contributed by atoms with Crippen LogP contribution in [0.4, 0.5) is 0 Å². The Balaban J connectivity index is 2.00. The maximum atomic E-state index is 12.1. The topological polar surface area (TPSA) is 49.3 Å². The van der Waals surface area contributed by atoms with Crippen molar-refractivity contribution in [2.45, 2.75) is 38.6 Å². The van der Waals surface area contributed by atoms with Crippen LogP contribution < -0.4 is 5.32 Å². The molecule has 1 heterocycles. The fourth-order valence-corrected chi connectivity index (χ4v) is 3.28. The van der Waals surface area contributed by atoms with Crippen molar-refractivity contribution in [3.63, 3.8) is 0 Å². The maximum Gasteiger partial charge on any atom is 0.261 e. The first-order valence-electron chi connectivity index (χ1n) is 6.18. The molecule has 0 aliphatic heterocycles. The third kappa shape index (κ3) is 2.87. The number of amides is 1. The van der Waals surface area contributed by atoms with Crippen molar-refractivity contribution in [3.05, 3.63) is 21.9 Å². The number of hydrogen-bond acceptors (Lipinski definition) is 3. The molecule has 0 radical (unpaired) electrons. The van der Waals surface area contributed by atoms with Crippen LogP contribution in [-0.4, -0.2) is 23.7 Å². The highest BCUT2D eigenvalue weighted by Crippen LogP contribution is 2.25. The Labute approximate surface area is 106 Å². The van der Waals surface area contributed by atoms with Gasteiger partial charge in [0.2, 0.25) is 0 Å². The van der Waals surface area contributed by atoms with Crippen molar-refractivity contribution < 1.29 is 9.90 Å². The van der Waals surface area contributed by atoms with Gasteiger partial charge in [-0.15, -0.1) is 11.3 Å². The molecule has 2 N–H and O–H groups in total. The molecule has 1 aromatic rings. The van der Waals surface area contributed by atoms with Gasteiger partial charge >= 0.3 is 0 Å². The summed E-state index contributed by atoms with van der Waals surface area (Å²) in [5.41, 5.74) is 1.03. The second-order valence-electron chi connectivity index (χ2n) is 4.74. The van der Waals surface area contributed by atoms with Crippen LogP contribution in [0, 0.1) is 12.8 Å². The monoisotopic (exact) mass is 253 g/mol. The van der Waals surface area contributed by atoms with E-state index in [1.807, 2.05) is 18.4 Å². The lowest BCUT2D eigenvalue weighted by Gasteiger charge is -2.30. The average Bonchev–Trinajstić information content (AvgIpc) is 2.76. The predicted molar refractivity (Wildman–Crippen MR) is 69.4 cm³/mol. The van der Waals surface area contributed by atoms with Crippen molar-refractivity contribution in [1.82, 2.24) is 5.32 Å². The molecular formula is C13H19NO2S. The maximum absolute atomic E-state index is 12.1. The largest absolute Gasteiger partial charge is 0.396 e. The third-order valence-electron chi connectivity index (χ3n) is 3.53. The van der Waals surface area contributed by atoms with Gasteiger partial charge in [-0.1, -0.05) is 12.8 Å². The van der Waals surface area contributed by atoms with E-state index < -0.39 is 0 Å². The zero-order chi connectivity index (χ0) is 12.3. The molecule has 1 aliphatic carbocycles. The zero-order valence-corrected chi connectivity index (χ0v) is 10.9. The summed E-state index contributed by atoms with van der Waals surface area (Å²) in [6.45, 7) is 2.13. The minimum atomic E-state index is 0.0165. The first kappa shape index (κ1) is 12.6. The fraction of sp³-hybridized carbons (Fsp3) is 0.615. The molecule has 0 saturated heterocycles. The summed E-state index contributed by atoms with van der Waals surface area (Å²) in [6, 6.07) is 2.10. The molecule has 2 rings (SSSR count). The molecule has 1 amide bonds. The Kier molecular flexibility index (Phi) is 4.18. The van der Waals surface area contributed by atoms with Crippen LogP contribution in [0.3, 0.4) is 0 Å². The van der Waals surface area contributed by atoms with E-state index in [0.29, 0.717) is 0 Å². The summed E-state index contributed by atoms with van der Waals surface area (Å²) in [5.74, 6) is 0.246. The smallest absolute Gasteiger partial charge is 0.261 e. The number of aliphatic hydroxyl groups excluding tert-OH is 1. The van der Waals surface area contributed by atoms with Gasteiger partial charge in [0.15, 0.2) is 0 Å². The molecule has 0 bridgehead atoms. The Bertz CT molecular complexity index is 389. The lowest BCUT2D eigenvalue weighted by molar-refractivity contribution is 0.0876. The van der Waals surface area contributed by atoms with Gasteiger partial charge in [-0.05, 0) is 36.8 Å². The van der Waals surface area contributed by atoms with Crippen molar-refractivity contribution in [1.29, 1.82) is 0 Å². The Morgan fingerprint density at radius 3 is 2.94 bits per heavy atom. The number of carbonyl (C=O) groups excluding carboxylic acids is 1. The van der Waals surface area contributed by atoms with Crippen LogP contribution in [0.1, 0.15) is 40.9 Å². The number of nitrogens with one attached hydrogen (secondary N) is 1. The standard InChI is InChI=1S/C13H19NO2S/c1-9-6-7-17-12(9)13(16)14-11-5-3-2-4-10(11)8-15/h6-7,10-11,15H,2-5,8H2,1H3,(H,14,16). The SMILES string of the molecule is Cc1ccsc1C(=O)NC1CCCCC1CO. The van der Waals surface area contributed by atoms with E-state index in [1.54, 1.807) is 0 Å². The summed E-state index contributed by atoms with van der Waals surface area (Å²) < 4.78 is 0. The van der Waals surface area contributed by atoms with Gasteiger partial charge in [0.05, 0.1) is 4.88 Å². The van der Waals surface area contributed by atoms with Crippen LogP contribution in [0.2, 0.25) is 0 Å². The van der Waals surface area contributed by atoms with Gasteiger partial charge < -0.3 is 10.4 Å². The lowest BCUT2D eigenvalue weighted by Crippen LogP contribution is -2.43. The molecule has 1 aliphatic rings. The van der Waals surface area contributed by atoms with E-state index in [4.69, 9.17) is 0 Å².